The van der Waals surface area contributed by atoms with Crippen molar-refractivity contribution in [1.29, 1.82) is 0 Å². The number of rotatable bonds is 2. The van der Waals surface area contributed by atoms with Crippen LogP contribution in [0.5, 0.6) is 0 Å². The molecule has 6 nitrogen and oxygen atoms in total. The average molecular weight is 355 g/mol. The molecule has 26 heavy (non-hydrogen) atoms. The lowest BCUT2D eigenvalue weighted by Crippen LogP contribution is -2.55. The van der Waals surface area contributed by atoms with E-state index >= 15 is 0 Å². The quantitative estimate of drug-likeness (QED) is 0.800. The van der Waals surface area contributed by atoms with Crippen molar-refractivity contribution in [3.63, 3.8) is 0 Å². The van der Waals surface area contributed by atoms with Crippen LogP contribution in [0.25, 0.3) is 0 Å². The number of benzene rings is 1. The number of nitrogens with zero attached hydrogens (tertiary/aromatic N) is 1. The van der Waals surface area contributed by atoms with E-state index in [4.69, 9.17) is 0 Å². The molecule has 1 aromatic rings. The summed E-state index contributed by atoms with van der Waals surface area (Å²) in [6.07, 6.45) is 7.33. The van der Waals surface area contributed by atoms with E-state index in [1.165, 1.54) is 37.7 Å². The third-order valence-electron chi connectivity index (χ3n) is 6.15. The van der Waals surface area contributed by atoms with Crippen LogP contribution < -0.4 is 10.6 Å². The number of amides is 4. The second kappa shape index (κ2) is 6.74. The lowest BCUT2D eigenvalue weighted by molar-refractivity contribution is -0.125. The van der Waals surface area contributed by atoms with E-state index in [0.29, 0.717) is 37.4 Å². The van der Waals surface area contributed by atoms with Gasteiger partial charge in [0.15, 0.2) is 0 Å². The van der Waals surface area contributed by atoms with Crippen LogP contribution in [0.1, 0.15) is 66.8 Å². The first-order valence-corrected chi connectivity index (χ1v) is 9.60. The van der Waals surface area contributed by atoms with Gasteiger partial charge in [-0.3, -0.25) is 14.9 Å². The fourth-order valence-corrected chi connectivity index (χ4v) is 4.49. The number of hydrogen-bond acceptors (Lipinski definition) is 3. The predicted octanol–water partition coefficient (Wildman–Crippen LogP) is 2.55. The molecule has 2 N–H and O–H groups in total. The van der Waals surface area contributed by atoms with Crippen molar-refractivity contribution in [2.75, 3.05) is 13.1 Å². The molecule has 3 aliphatic rings. The highest BCUT2D eigenvalue weighted by Gasteiger charge is 2.48. The maximum absolute atomic E-state index is 12.8. The molecule has 2 aliphatic heterocycles. The second-order valence-corrected chi connectivity index (χ2v) is 7.74. The molecular formula is C20H25N3O3. The summed E-state index contributed by atoms with van der Waals surface area (Å²) in [6, 6.07) is 7.62. The molecule has 0 unspecified atom stereocenters. The molecule has 0 atom stereocenters. The summed E-state index contributed by atoms with van der Waals surface area (Å²) in [6.45, 7) is 0.938. The van der Waals surface area contributed by atoms with Gasteiger partial charge in [-0.25, -0.2) is 4.79 Å². The highest BCUT2D eigenvalue weighted by molar-refractivity contribution is 6.07. The molecule has 0 radical (unpaired) electrons. The maximum Gasteiger partial charge on any atom is 0.322 e. The van der Waals surface area contributed by atoms with Gasteiger partial charge in [0.1, 0.15) is 5.54 Å². The standard InChI is InChI=1S/C20H25N3O3/c24-17(16-8-6-15(7-9-16)14-4-2-1-3-5-14)23-12-10-20(11-13-23)18(25)21-19(26)22-20/h6-9,14H,1-5,10-13H2,(H2,21,22,25,26). The summed E-state index contributed by atoms with van der Waals surface area (Å²) >= 11 is 0. The van der Waals surface area contributed by atoms with Crippen molar-refractivity contribution in [1.82, 2.24) is 15.5 Å². The number of likely N-dealkylation sites (tertiary alicyclic amines) is 1. The first-order chi connectivity index (χ1) is 12.6. The summed E-state index contributed by atoms with van der Waals surface area (Å²) in [5.74, 6) is 0.360. The zero-order valence-corrected chi connectivity index (χ0v) is 14.9. The van der Waals surface area contributed by atoms with Crippen molar-refractivity contribution < 1.29 is 14.4 Å². The Morgan fingerprint density at radius 1 is 1.00 bits per heavy atom. The zero-order chi connectivity index (χ0) is 18.1. The van der Waals surface area contributed by atoms with Gasteiger partial charge in [-0.2, -0.15) is 0 Å². The molecule has 4 amide bonds. The molecule has 0 aromatic heterocycles. The van der Waals surface area contributed by atoms with E-state index in [9.17, 15) is 14.4 Å². The minimum absolute atomic E-state index is 0.000208. The van der Waals surface area contributed by atoms with Gasteiger partial charge >= 0.3 is 6.03 Å². The number of carbonyl (C=O) groups excluding carboxylic acids is 3. The van der Waals surface area contributed by atoms with Gasteiger partial charge in [0.2, 0.25) is 0 Å². The van der Waals surface area contributed by atoms with E-state index in [1.807, 2.05) is 12.1 Å². The Morgan fingerprint density at radius 3 is 2.23 bits per heavy atom. The fraction of sp³-hybridized carbons (Fsp3) is 0.550. The molecule has 6 heteroatoms. The molecule has 4 rings (SSSR count). The topological polar surface area (TPSA) is 78.5 Å². The highest BCUT2D eigenvalue weighted by atomic mass is 16.2. The Labute approximate surface area is 153 Å². The number of hydrogen-bond donors (Lipinski definition) is 2. The van der Waals surface area contributed by atoms with Crippen LogP contribution in [0.2, 0.25) is 0 Å². The molecule has 1 saturated carbocycles. The van der Waals surface area contributed by atoms with Crippen LogP contribution in [0.15, 0.2) is 24.3 Å². The largest absolute Gasteiger partial charge is 0.338 e. The third-order valence-corrected chi connectivity index (χ3v) is 6.15. The van der Waals surface area contributed by atoms with Crippen LogP contribution in [0.3, 0.4) is 0 Å². The Kier molecular flexibility index (Phi) is 4.42. The predicted molar refractivity (Wildman–Crippen MR) is 96.8 cm³/mol. The van der Waals surface area contributed by atoms with Crippen molar-refractivity contribution >= 4 is 17.8 Å². The summed E-state index contributed by atoms with van der Waals surface area (Å²) in [5, 5.41) is 5.02. The Bertz CT molecular complexity index is 714. The smallest absolute Gasteiger partial charge is 0.322 e. The summed E-state index contributed by atoms with van der Waals surface area (Å²) in [5.41, 5.74) is 1.20. The molecule has 3 fully saturated rings. The van der Waals surface area contributed by atoms with E-state index in [-0.39, 0.29) is 11.8 Å². The molecule has 2 saturated heterocycles. The Morgan fingerprint density at radius 2 is 1.65 bits per heavy atom. The Hall–Kier alpha value is -2.37. The number of imide groups is 1. The van der Waals surface area contributed by atoms with Gasteiger partial charge in [-0.05, 0) is 49.3 Å². The number of piperidine rings is 1. The van der Waals surface area contributed by atoms with Gasteiger partial charge in [-0.1, -0.05) is 31.4 Å². The zero-order valence-electron chi connectivity index (χ0n) is 14.9. The van der Waals surface area contributed by atoms with Crippen LogP contribution >= 0.6 is 0 Å². The van der Waals surface area contributed by atoms with Crippen LogP contribution in [-0.2, 0) is 4.79 Å². The van der Waals surface area contributed by atoms with Crippen molar-refractivity contribution in [3.05, 3.63) is 35.4 Å². The number of urea groups is 1. The lowest BCUT2D eigenvalue weighted by atomic mass is 9.84. The van der Waals surface area contributed by atoms with Crippen LogP contribution in [-0.4, -0.2) is 41.4 Å². The Balaban J connectivity index is 1.39. The lowest BCUT2D eigenvalue weighted by Gasteiger charge is -2.37. The number of carbonyl (C=O) groups is 3. The summed E-state index contributed by atoms with van der Waals surface area (Å²) in [4.78, 5) is 38.0. The SMILES string of the molecule is O=C1NC(=O)C2(CCN(C(=O)c3ccc(C4CCCCC4)cc3)CC2)N1. The normalized spacial score (nSPS) is 23.0. The van der Waals surface area contributed by atoms with Gasteiger partial charge in [0, 0.05) is 18.7 Å². The molecule has 2 heterocycles. The van der Waals surface area contributed by atoms with Crippen LogP contribution in [0, 0.1) is 0 Å². The molecule has 0 bridgehead atoms. The minimum Gasteiger partial charge on any atom is -0.338 e. The third kappa shape index (κ3) is 3.08. The molecule has 1 aliphatic carbocycles. The monoisotopic (exact) mass is 355 g/mol. The van der Waals surface area contributed by atoms with Crippen molar-refractivity contribution in [3.8, 4) is 0 Å². The van der Waals surface area contributed by atoms with Gasteiger partial charge in [0.05, 0.1) is 0 Å². The summed E-state index contributed by atoms with van der Waals surface area (Å²) in [7, 11) is 0. The first kappa shape index (κ1) is 17.1. The molecule has 1 aromatic carbocycles. The summed E-state index contributed by atoms with van der Waals surface area (Å²) < 4.78 is 0. The molecular weight excluding hydrogens is 330 g/mol. The van der Waals surface area contributed by atoms with E-state index < -0.39 is 11.6 Å². The average Bonchev–Trinajstić information content (AvgIpc) is 2.95. The molecule has 1 spiro atoms. The maximum atomic E-state index is 12.8. The van der Waals surface area contributed by atoms with Crippen molar-refractivity contribution in [2.45, 2.75) is 56.4 Å². The second-order valence-electron chi connectivity index (χ2n) is 7.74. The first-order valence-electron chi connectivity index (χ1n) is 9.60. The van der Waals surface area contributed by atoms with E-state index in [0.717, 1.165) is 0 Å². The van der Waals surface area contributed by atoms with Gasteiger partial charge in [-0.15, -0.1) is 0 Å². The fourth-order valence-electron chi connectivity index (χ4n) is 4.49. The number of nitrogens with one attached hydrogen (secondary N) is 2. The van der Waals surface area contributed by atoms with Gasteiger partial charge < -0.3 is 10.2 Å². The van der Waals surface area contributed by atoms with E-state index in [1.54, 1.807) is 4.90 Å². The minimum atomic E-state index is -0.835. The van der Waals surface area contributed by atoms with E-state index in [2.05, 4.69) is 22.8 Å². The molecule has 138 valence electrons. The van der Waals surface area contributed by atoms with Crippen LogP contribution in [0.4, 0.5) is 4.79 Å². The highest BCUT2D eigenvalue weighted by Crippen LogP contribution is 2.33. The van der Waals surface area contributed by atoms with Crippen molar-refractivity contribution in [2.24, 2.45) is 0 Å². The van der Waals surface area contributed by atoms with Gasteiger partial charge in [0.25, 0.3) is 11.8 Å².